The van der Waals surface area contributed by atoms with Gasteiger partial charge in [0.15, 0.2) is 0 Å². The summed E-state index contributed by atoms with van der Waals surface area (Å²) in [5.74, 6) is 0.755. The molecule has 1 atom stereocenters. The Morgan fingerprint density at radius 2 is 2.04 bits per heavy atom. The lowest BCUT2D eigenvalue weighted by molar-refractivity contribution is -0.139. The summed E-state index contributed by atoms with van der Waals surface area (Å²) in [6.07, 6.45) is 2.23. The second-order valence-electron chi connectivity index (χ2n) is 7.50. The molecule has 1 aliphatic heterocycles. The Kier molecular flexibility index (Phi) is 4.45. The molecule has 0 radical (unpaired) electrons. The predicted octanol–water partition coefficient (Wildman–Crippen LogP) is 2.33. The smallest absolute Gasteiger partial charge is 0.325 e. The molecule has 7 heteroatoms. The van der Waals surface area contributed by atoms with E-state index < -0.39 is 11.6 Å². The van der Waals surface area contributed by atoms with Gasteiger partial charge >= 0.3 is 6.03 Å². The molecule has 1 aromatic carbocycles. The van der Waals surface area contributed by atoms with E-state index in [0.29, 0.717) is 12.2 Å². The number of carbonyl (C=O) groups excluding carboxylic acids is 3. The van der Waals surface area contributed by atoms with Crippen LogP contribution in [-0.4, -0.2) is 41.2 Å². The number of rotatable bonds is 4. The van der Waals surface area contributed by atoms with Gasteiger partial charge < -0.3 is 14.6 Å². The van der Waals surface area contributed by atoms with Crippen LogP contribution in [-0.2, 0) is 28.1 Å². The third kappa shape index (κ3) is 2.96. The van der Waals surface area contributed by atoms with Gasteiger partial charge in [-0.15, -0.1) is 0 Å². The number of aryl methyl sites for hydroxylation is 2. The Bertz CT molecular complexity index is 951. The minimum absolute atomic E-state index is 0.282. The Morgan fingerprint density at radius 1 is 1.25 bits per heavy atom. The molecule has 146 valence electrons. The van der Waals surface area contributed by atoms with E-state index >= 15 is 0 Å². The molecule has 1 N–H and O–H groups in total. The van der Waals surface area contributed by atoms with E-state index in [1.54, 1.807) is 13.1 Å². The first-order valence-corrected chi connectivity index (χ1v) is 9.42. The molecule has 1 aromatic heterocycles. The summed E-state index contributed by atoms with van der Waals surface area (Å²) in [5, 5.41) is 2.87. The number of amides is 4. The van der Waals surface area contributed by atoms with Crippen molar-refractivity contribution in [3.63, 3.8) is 0 Å². The van der Waals surface area contributed by atoms with Gasteiger partial charge in [0.05, 0.1) is 6.54 Å². The topological polar surface area (TPSA) is 82.9 Å². The molecule has 4 rings (SSSR count). The fraction of sp³-hybridized carbons (Fsp3) is 0.381. The van der Waals surface area contributed by atoms with Gasteiger partial charge in [-0.05, 0) is 49.4 Å². The van der Waals surface area contributed by atoms with Crippen LogP contribution in [0.2, 0.25) is 0 Å². The van der Waals surface area contributed by atoms with Crippen molar-refractivity contribution in [2.45, 2.75) is 38.3 Å². The van der Waals surface area contributed by atoms with E-state index in [-0.39, 0.29) is 24.9 Å². The van der Waals surface area contributed by atoms with Crippen LogP contribution in [0, 0.1) is 6.92 Å². The van der Waals surface area contributed by atoms with Gasteiger partial charge in [-0.25, -0.2) is 4.79 Å². The van der Waals surface area contributed by atoms with E-state index in [2.05, 4.69) is 5.32 Å². The Morgan fingerprint density at radius 3 is 2.79 bits per heavy atom. The number of imide groups is 1. The zero-order valence-electron chi connectivity index (χ0n) is 16.0. The van der Waals surface area contributed by atoms with Gasteiger partial charge in [-0.2, -0.15) is 0 Å². The largest absolute Gasteiger partial charge is 0.464 e. The highest BCUT2D eigenvalue weighted by Crippen LogP contribution is 2.39. The first-order valence-electron chi connectivity index (χ1n) is 9.42. The van der Waals surface area contributed by atoms with Crippen molar-refractivity contribution in [2.75, 3.05) is 13.6 Å². The lowest BCUT2D eigenvalue weighted by atomic mass is 9.76. The Hall–Kier alpha value is -3.09. The second kappa shape index (κ2) is 6.82. The van der Waals surface area contributed by atoms with Crippen molar-refractivity contribution in [1.29, 1.82) is 0 Å². The van der Waals surface area contributed by atoms with Crippen LogP contribution in [0.1, 0.15) is 35.5 Å². The molecule has 0 bridgehead atoms. The number of urea groups is 1. The van der Waals surface area contributed by atoms with E-state index in [1.807, 2.05) is 37.3 Å². The number of likely N-dealkylation sites (N-methyl/N-ethyl adjacent to an activating group) is 1. The number of benzene rings is 1. The summed E-state index contributed by atoms with van der Waals surface area (Å²) >= 11 is 0. The summed E-state index contributed by atoms with van der Waals surface area (Å²) in [5.41, 5.74) is 0.859. The van der Waals surface area contributed by atoms with Gasteiger partial charge in [0, 0.05) is 7.05 Å². The molecule has 1 aliphatic carbocycles. The number of hydrogen-bond donors (Lipinski definition) is 1. The zero-order chi connectivity index (χ0) is 19.9. The van der Waals surface area contributed by atoms with Crippen molar-refractivity contribution < 1.29 is 18.8 Å². The lowest BCUT2D eigenvalue weighted by Gasteiger charge is -2.33. The predicted molar refractivity (Wildman–Crippen MR) is 101 cm³/mol. The molecule has 2 aromatic rings. The molecule has 7 nitrogen and oxygen atoms in total. The minimum atomic E-state index is -1.05. The van der Waals surface area contributed by atoms with Gasteiger partial charge in [0.25, 0.3) is 5.91 Å². The quantitative estimate of drug-likeness (QED) is 0.824. The molecule has 2 aliphatic rings. The number of nitrogens with zero attached hydrogens (tertiary/aromatic N) is 2. The van der Waals surface area contributed by atoms with Crippen molar-refractivity contribution >= 4 is 17.8 Å². The fourth-order valence-corrected chi connectivity index (χ4v) is 4.10. The molecule has 0 unspecified atom stereocenters. The van der Waals surface area contributed by atoms with Crippen molar-refractivity contribution in [3.05, 3.63) is 59.0 Å². The average molecular weight is 381 g/mol. The lowest BCUT2D eigenvalue weighted by Crippen LogP contribution is -2.47. The maximum atomic E-state index is 13.2. The maximum absolute atomic E-state index is 13.2. The highest BCUT2D eigenvalue weighted by Gasteiger charge is 2.54. The highest BCUT2D eigenvalue weighted by molar-refractivity contribution is 6.09. The highest BCUT2D eigenvalue weighted by atomic mass is 16.3. The van der Waals surface area contributed by atoms with Crippen molar-refractivity contribution in [1.82, 2.24) is 15.1 Å². The SMILES string of the molecule is Cc1ccc(CN(C)C(=O)CN2C(=O)N[C@@]3(CCCc4ccccc43)C2=O)o1. The van der Waals surface area contributed by atoms with E-state index in [9.17, 15) is 14.4 Å². The molecule has 1 fully saturated rings. The standard InChI is InChI=1S/C21H23N3O4/c1-14-9-10-16(28-14)12-23(2)18(25)13-24-19(26)21(22-20(24)27)11-5-7-15-6-3-4-8-17(15)21/h3-4,6,8-10H,5,7,11-13H2,1-2H3,(H,22,27)/t21-/m1/s1. The average Bonchev–Trinajstić information content (AvgIpc) is 3.18. The molecular weight excluding hydrogens is 358 g/mol. The van der Waals surface area contributed by atoms with Crippen LogP contribution >= 0.6 is 0 Å². The van der Waals surface area contributed by atoms with Gasteiger partial charge in [-0.3, -0.25) is 14.5 Å². The second-order valence-corrected chi connectivity index (χ2v) is 7.50. The summed E-state index contributed by atoms with van der Waals surface area (Å²) < 4.78 is 5.49. The van der Waals surface area contributed by atoms with Crippen LogP contribution in [0.15, 0.2) is 40.8 Å². The number of hydrogen-bond acceptors (Lipinski definition) is 4. The number of fused-ring (bicyclic) bond motifs is 2. The number of furan rings is 1. The van der Waals surface area contributed by atoms with E-state index in [1.165, 1.54) is 4.90 Å². The Balaban J connectivity index is 1.51. The zero-order valence-corrected chi connectivity index (χ0v) is 16.0. The first-order chi connectivity index (χ1) is 13.4. The third-order valence-electron chi connectivity index (χ3n) is 5.56. The summed E-state index contributed by atoms with van der Waals surface area (Å²) in [6, 6.07) is 10.8. The van der Waals surface area contributed by atoms with Crippen molar-refractivity contribution in [2.24, 2.45) is 0 Å². The Labute approximate surface area is 163 Å². The van der Waals surface area contributed by atoms with Gasteiger partial charge in [-0.1, -0.05) is 24.3 Å². The molecule has 4 amide bonds. The number of carbonyl (C=O) groups is 3. The van der Waals surface area contributed by atoms with Crippen molar-refractivity contribution in [3.8, 4) is 0 Å². The third-order valence-corrected chi connectivity index (χ3v) is 5.56. The molecule has 1 saturated heterocycles. The molecule has 28 heavy (non-hydrogen) atoms. The van der Waals surface area contributed by atoms with Crippen LogP contribution in [0.4, 0.5) is 4.79 Å². The van der Waals surface area contributed by atoms with Crippen LogP contribution in [0.25, 0.3) is 0 Å². The fourth-order valence-electron chi connectivity index (χ4n) is 4.10. The summed E-state index contributed by atoms with van der Waals surface area (Å²) in [4.78, 5) is 40.9. The van der Waals surface area contributed by atoms with E-state index in [0.717, 1.165) is 34.6 Å². The summed E-state index contributed by atoms with van der Waals surface area (Å²) in [6.45, 7) is 1.83. The van der Waals surface area contributed by atoms with Gasteiger partial charge in [0.1, 0.15) is 23.6 Å². The molecule has 1 spiro atoms. The minimum Gasteiger partial charge on any atom is -0.464 e. The van der Waals surface area contributed by atoms with Crippen LogP contribution in [0.5, 0.6) is 0 Å². The monoisotopic (exact) mass is 381 g/mol. The van der Waals surface area contributed by atoms with E-state index in [4.69, 9.17) is 4.42 Å². The van der Waals surface area contributed by atoms with Gasteiger partial charge in [0.2, 0.25) is 5.91 Å². The molecule has 0 saturated carbocycles. The molecule has 2 heterocycles. The number of nitrogens with one attached hydrogen (secondary N) is 1. The van der Waals surface area contributed by atoms with Crippen LogP contribution in [0.3, 0.4) is 0 Å². The summed E-state index contributed by atoms with van der Waals surface area (Å²) in [7, 11) is 1.63. The van der Waals surface area contributed by atoms with Crippen LogP contribution < -0.4 is 5.32 Å². The normalized spacial score (nSPS) is 21.0. The molecular formula is C21H23N3O4. The maximum Gasteiger partial charge on any atom is 0.325 e. The first kappa shape index (κ1) is 18.3.